The Morgan fingerprint density at radius 3 is 2.40 bits per heavy atom. The fourth-order valence-electron chi connectivity index (χ4n) is 1.19. The van der Waals surface area contributed by atoms with Crippen molar-refractivity contribution in [3.63, 3.8) is 0 Å². The van der Waals surface area contributed by atoms with E-state index in [4.69, 9.17) is 6.57 Å². The highest BCUT2D eigenvalue weighted by Crippen LogP contribution is 2.13. The molecular weight excluding hydrogens is 188 g/mol. The third-order valence-electron chi connectivity index (χ3n) is 2.10. The summed E-state index contributed by atoms with van der Waals surface area (Å²) in [4.78, 5) is 16.9. The summed E-state index contributed by atoms with van der Waals surface area (Å²) in [7, 11) is 3.88. The molecule has 0 unspecified atom stereocenters. The molecule has 1 aromatic carbocycles. The molecule has 0 radical (unpaired) electrons. The minimum atomic E-state index is 0.125. The van der Waals surface area contributed by atoms with Gasteiger partial charge in [0.25, 0.3) is 0 Å². The Balaban J connectivity index is 2.63. The summed E-state index contributed by atoms with van der Waals surface area (Å²) in [6.45, 7) is 7.55. The lowest BCUT2D eigenvalue weighted by Gasteiger charge is -2.08. The smallest absolute Gasteiger partial charge is 0.187 e. The van der Waals surface area contributed by atoms with Gasteiger partial charge in [0.2, 0.25) is 0 Å². The van der Waals surface area contributed by atoms with Crippen molar-refractivity contribution in [1.29, 1.82) is 0 Å². The zero-order chi connectivity index (χ0) is 11.3. The molecule has 0 heterocycles. The first-order chi connectivity index (χ1) is 7.13. The maximum absolute atomic E-state index is 11.6. The second-order valence-corrected chi connectivity index (χ2v) is 3.64. The highest BCUT2D eigenvalue weighted by atomic mass is 16.1. The number of hydrogen-bond donors (Lipinski definition) is 0. The molecule has 0 atom stereocenters. The van der Waals surface area contributed by atoms with Crippen molar-refractivity contribution in [3.8, 4) is 0 Å². The molecule has 0 bridgehead atoms. The molecule has 3 heteroatoms. The molecule has 1 aromatic rings. The van der Waals surface area contributed by atoms with Crippen molar-refractivity contribution in [2.45, 2.75) is 6.42 Å². The van der Waals surface area contributed by atoms with Crippen molar-refractivity contribution >= 4 is 11.5 Å². The molecule has 0 aliphatic rings. The quantitative estimate of drug-likeness (QED) is 0.553. The fourth-order valence-corrected chi connectivity index (χ4v) is 1.19. The molecular formula is C12H14N2O. The van der Waals surface area contributed by atoms with Crippen LogP contribution in [0, 0.1) is 6.57 Å². The molecule has 0 spiro atoms. The number of carbonyl (C=O) groups excluding carboxylic acids is 1. The van der Waals surface area contributed by atoms with Crippen LogP contribution in [0.2, 0.25) is 0 Å². The van der Waals surface area contributed by atoms with Gasteiger partial charge in [0.15, 0.2) is 11.5 Å². The first-order valence-corrected chi connectivity index (χ1v) is 4.79. The van der Waals surface area contributed by atoms with Crippen molar-refractivity contribution in [3.05, 3.63) is 41.2 Å². The van der Waals surface area contributed by atoms with E-state index < -0.39 is 0 Å². The van der Waals surface area contributed by atoms with Crippen LogP contribution in [-0.2, 0) is 0 Å². The van der Waals surface area contributed by atoms with E-state index in [1.165, 1.54) is 0 Å². The third-order valence-corrected chi connectivity index (χ3v) is 2.10. The number of carbonyl (C=O) groups is 1. The number of hydrogen-bond acceptors (Lipinski definition) is 2. The van der Waals surface area contributed by atoms with E-state index in [0.717, 1.165) is 6.54 Å². The summed E-state index contributed by atoms with van der Waals surface area (Å²) < 4.78 is 0. The minimum absolute atomic E-state index is 0.125. The summed E-state index contributed by atoms with van der Waals surface area (Å²) in [6.07, 6.45) is 0.518. The van der Waals surface area contributed by atoms with Gasteiger partial charge in [-0.15, -0.1) is 0 Å². The van der Waals surface area contributed by atoms with E-state index in [-0.39, 0.29) is 5.78 Å². The Bertz CT molecular complexity index is 374. The van der Waals surface area contributed by atoms with Crippen molar-refractivity contribution in [2.24, 2.45) is 0 Å². The van der Waals surface area contributed by atoms with Gasteiger partial charge in [-0.1, -0.05) is 24.3 Å². The second kappa shape index (κ2) is 5.28. The van der Waals surface area contributed by atoms with Crippen LogP contribution >= 0.6 is 0 Å². The number of rotatable bonds is 4. The van der Waals surface area contributed by atoms with Crippen LogP contribution < -0.4 is 0 Å². The van der Waals surface area contributed by atoms with Crippen LogP contribution in [0.25, 0.3) is 4.85 Å². The minimum Gasteiger partial charge on any atom is -0.309 e. The molecule has 0 fully saturated rings. The number of ketones is 1. The summed E-state index contributed by atoms with van der Waals surface area (Å²) in [5.41, 5.74) is 1.25. The summed E-state index contributed by atoms with van der Waals surface area (Å²) in [5.74, 6) is 0.125. The average molecular weight is 202 g/mol. The Kier molecular flexibility index (Phi) is 4.02. The Morgan fingerprint density at radius 2 is 1.93 bits per heavy atom. The third kappa shape index (κ3) is 3.53. The first-order valence-electron chi connectivity index (χ1n) is 4.79. The van der Waals surface area contributed by atoms with Gasteiger partial charge in [-0.2, -0.15) is 0 Å². The molecule has 0 aliphatic carbocycles. The molecule has 78 valence electrons. The molecule has 0 saturated carbocycles. The number of Topliss-reactive ketones (excluding diaryl/α,β-unsaturated/α-hetero) is 1. The molecule has 0 aliphatic heterocycles. The second-order valence-electron chi connectivity index (χ2n) is 3.64. The number of benzene rings is 1. The van der Waals surface area contributed by atoms with Gasteiger partial charge in [0.05, 0.1) is 6.57 Å². The van der Waals surface area contributed by atoms with Gasteiger partial charge in [0.1, 0.15) is 0 Å². The zero-order valence-corrected chi connectivity index (χ0v) is 9.03. The summed E-state index contributed by atoms with van der Waals surface area (Å²) in [5, 5.41) is 0. The number of nitrogens with zero attached hydrogens (tertiary/aromatic N) is 2. The van der Waals surface area contributed by atoms with Gasteiger partial charge >= 0.3 is 0 Å². The van der Waals surface area contributed by atoms with E-state index in [1.54, 1.807) is 24.3 Å². The van der Waals surface area contributed by atoms with Crippen molar-refractivity contribution < 1.29 is 4.79 Å². The van der Waals surface area contributed by atoms with Crippen LogP contribution in [-0.4, -0.2) is 31.3 Å². The van der Waals surface area contributed by atoms with Crippen LogP contribution in [0.3, 0.4) is 0 Å². The molecule has 1 rings (SSSR count). The molecule has 0 amide bonds. The topological polar surface area (TPSA) is 24.7 Å². The predicted octanol–water partition coefficient (Wildman–Crippen LogP) is 2.37. The van der Waals surface area contributed by atoms with Gasteiger partial charge in [-0.3, -0.25) is 4.79 Å². The average Bonchev–Trinajstić information content (AvgIpc) is 2.26. The predicted molar refractivity (Wildman–Crippen MR) is 60.2 cm³/mol. The monoisotopic (exact) mass is 202 g/mol. The zero-order valence-electron chi connectivity index (χ0n) is 9.03. The van der Waals surface area contributed by atoms with E-state index >= 15 is 0 Å². The fraction of sp³-hybridized carbons (Fsp3) is 0.333. The van der Waals surface area contributed by atoms with E-state index in [9.17, 15) is 4.79 Å². The molecule has 3 nitrogen and oxygen atoms in total. The normalized spacial score (nSPS) is 10.0. The van der Waals surface area contributed by atoms with Crippen molar-refractivity contribution in [2.75, 3.05) is 20.6 Å². The van der Waals surface area contributed by atoms with Crippen molar-refractivity contribution in [1.82, 2.24) is 4.90 Å². The molecule has 15 heavy (non-hydrogen) atoms. The van der Waals surface area contributed by atoms with E-state index in [2.05, 4.69) is 4.85 Å². The van der Waals surface area contributed by atoms with Gasteiger partial charge < -0.3 is 4.90 Å². The lowest BCUT2D eigenvalue weighted by molar-refractivity contribution is 0.0972. The lowest BCUT2D eigenvalue weighted by Crippen LogP contribution is -2.16. The highest BCUT2D eigenvalue weighted by molar-refractivity contribution is 5.96. The van der Waals surface area contributed by atoms with Crippen LogP contribution in [0.1, 0.15) is 16.8 Å². The van der Waals surface area contributed by atoms with E-state index in [0.29, 0.717) is 17.7 Å². The maximum atomic E-state index is 11.6. The lowest BCUT2D eigenvalue weighted by atomic mass is 10.1. The maximum Gasteiger partial charge on any atom is 0.187 e. The largest absolute Gasteiger partial charge is 0.309 e. The summed E-state index contributed by atoms with van der Waals surface area (Å²) >= 11 is 0. The Morgan fingerprint density at radius 1 is 1.33 bits per heavy atom. The standard InChI is InChI=1S/C12H14N2O/c1-13-11-6-4-10(5-7-11)12(15)8-9-14(2)3/h4-7H,8-9H2,2-3H3. The van der Waals surface area contributed by atoms with Crippen LogP contribution in [0.4, 0.5) is 5.69 Å². The molecule has 0 aromatic heterocycles. The van der Waals surface area contributed by atoms with Crippen LogP contribution in [0.15, 0.2) is 24.3 Å². The van der Waals surface area contributed by atoms with Gasteiger partial charge in [0, 0.05) is 18.5 Å². The summed E-state index contributed by atoms with van der Waals surface area (Å²) in [6, 6.07) is 6.78. The highest BCUT2D eigenvalue weighted by Gasteiger charge is 2.05. The SMILES string of the molecule is [C-]#[N+]c1ccc(C(=O)CCN(C)C)cc1. The van der Waals surface area contributed by atoms with Crippen LogP contribution in [0.5, 0.6) is 0 Å². The Hall–Kier alpha value is -1.66. The molecule has 0 N–H and O–H groups in total. The Labute approximate surface area is 90.1 Å². The van der Waals surface area contributed by atoms with Gasteiger partial charge in [-0.25, -0.2) is 4.85 Å². The van der Waals surface area contributed by atoms with E-state index in [1.807, 2.05) is 19.0 Å². The first kappa shape index (κ1) is 11.4. The van der Waals surface area contributed by atoms with Gasteiger partial charge in [-0.05, 0) is 14.1 Å². The molecule has 0 saturated heterocycles.